The van der Waals surface area contributed by atoms with Crippen LogP contribution in [-0.2, 0) is 5.54 Å². The predicted molar refractivity (Wildman–Crippen MR) is 66.7 cm³/mol. The van der Waals surface area contributed by atoms with Gasteiger partial charge in [-0.05, 0) is 13.0 Å². The molecule has 0 saturated heterocycles. The molecule has 0 radical (unpaired) electrons. The van der Waals surface area contributed by atoms with Crippen LogP contribution in [0.2, 0.25) is 0 Å². The number of aliphatic imine (C=N–C) groups is 1. The van der Waals surface area contributed by atoms with Crippen molar-refractivity contribution in [2.75, 3.05) is 11.4 Å². The van der Waals surface area contributed by atoms with Gasteiger partial charge in [-0.1, -0.05) is 18.2 Å². The van der Waals surface area contributed by atoms with Crippen LogP contribution in [0.4, 0.5) is 45.2 Å². The molecule has 0 aromatic heterocycles. The minimum absolute atomic E-state index is 0.283. The molecule has 134 valence electrons. The van der Waals surface area contributed by atoms with Gasteiger partial charge >= 0.3 is 18.5 Å². The zero-order valence-electron chi connectivity index (χ0n) is 11.8. The number of hydrogen-bond acceptors (Lipinski definition) is 2. The van der Waals surface area contributed by atoms with E-state index >= 15 is 0 Å². The van der Waals surface area contributed by atoms with Crippen molar-refractivity contribution >= 4 is 11.5 Å². The van der Waals surface area contributed by atoms with E-state index in [0.717, 1.165) is 25.1 Å². The van der Waals surface area contributed by atoms with E-state index in [1.165, 1.54) is 0 Å². The predicted octanol–water partition coefficient (Wildman–Crippen LogP) is 4.81. The van der Waals surface area contributed by atoms with Crippen molar-refractivity contribution in [3.8, 4) is 0 Å². The molecule has 0 saturated carbocycles. The lowest BCUT2D eigenvalue weighted by Crippen LogP contribution is -2.59. The molecule has 0 aliphatic carbocycles. The maximum atomic E-state index is 13.4. The van der Waals surface area contributed by atoms with Crippen LogP contribution in [0, 0.1) is 0 Å². The Morgan fingerprint density at radius 1 is 0.917 bits per heavy atom. The summed E-state index contributed by atoms with van der Waals surface area (Å²) in [6.07, 6.45) is -17.7. The summed E-state index contributed by atoms with van der Waals surface area (Å²) in [5, 5.41) is 0. The number of benzene rings is 1. The number of hydrogen-bond donors (Lipinski definition) is 0. The summed E-state index contributed by atoms with van der Waals surface area (Å²) in [5.74, 6) is -2.24. The highest BCUT2D eigenvalue weighted by molar-refractivity contribution is 6.04. The fourth-order valence-corrected chi connectivity index (χ4v) is 2.54. The van der Waals surface area contributed by atoms with Crippen molar-refractivity contribution in [1.82, 2.24) is 0 Å². The third-order valence-corrected chi connectivity index (χ3v) is 3.50. The van der Waals surface area contributed by atoms with Crippen molar-refractivity contribution < 1.29 is 39.5 Å². The van der Waals surface area contributed by atoms with Crippen molar-refractivity contribution in [2.45, 2.75) is 31.0 Å². The first-order valence-corrected chi connectivity index (χ1v) is 6.45. The van der Waals surface area contributed by atoms with Gasteiger partial charge in [-0.15, -0.1) is 0 Å². The van der Waals surface area contributed by atoms with Gasteiger partial charge in [0.1, 0.15) is 0 Å². The first-order valence-electron chi connectivity index (χ1n) is 6.45. The molecular formula is C13H9F9N2. The summed E-state index contributed by atoms with van der Waals surface area (Å²) < 4.78 is 119. The maximum absolute atomic E-state index is 13.4. The Kier molecular flexibility index (Phi) is 4.05. The first kappa shape index (κ1) is 18.4. The summed E-state index contributed by atoms with van der Waals surface area (Å²) in [6.45, 7) is 0.646. The molecule has 1 aliphatic heterocycles. The average Bonchev–Trinajstić information content (AvgIpc) is 2.41. The number of anilines is 1. The summed E-state index contributed by atoms with van der Waals surface area (Å²) in [4.78, 5) is 2.47. The number of amidine groups is 1. The van der Waals surface area contributed by atoms with Crippen molar-refractivity contribution in [3.63, 3.8) is 0 Å². The van der Waals surface area contributed by atoms with Gasteiger partial charge in [0.25, 0.3) is 5.54 Å². The lowest BCUT2D eigenvalue weighted by atomic mass is 9.85. The first-order chi connectivity index (χ1) is 10.8. The second-order valence-corrected chi connectivity index (χ2v) is 4.90. The van der Waals surface area contributed by atoms with Crippen LogP contribution in [0.15, 0.2) is 29.3 Å². The van der Waals surface area contributed by atoms with Gasteiger partial charge in [0, 0.05) is 17.8 Å². The van der Waals surface area contributed by atoms with Gasteiger partial charge in [0.05, 0.1) is 0 Å². The summed E-state index contributed by atoms with van der Waals surface area (Å²) in [6, 6.07) is 3.19. The van der Waals surface area contributed by atoms with Gasteiger partial charge in [-0.2, -0.15) is 39.5 Å². The second kappa shape index (κ2) is 5.28. The summed E-state index contributed by atoms with van der Waals surface area (Å²) >= 11 is 0. The Balaban J connectivity index is 2.97. The Morgan fingerprint density at radius 3 is 1.83 bits per heavy atom. The van der Waals surface area contributed by atoms with E-state index in [9.17, 15) is 39.5 Å². The van der Waals surface area contributed by atoms with Gasteiger partial charge in [-0.25, -0.2) is 4.99 Å². The van der Waals surface area contributed by atoms with Crippen molar-refractivity contribution in [3.05, 3.63) is 29.8 Å². The van der Waals surface area contributed by atoms with Crippen LogP contribution in [0.5, 0.6) is 0 Å². The second-order valence-electron chi connectivity index (χ2n) is 4.90. The Hall–Kier alpha value is -1.94. The lowest BCUT2D eigenvalue weighted by molar-refractivity contribution is -0.301. The molecule has 0 fully saturated rings. The molecule has 1 aromatic carbocycles. The van der Waals surface area contributed by atoms with Crippen molar-refractivity contribution in [1.29, 1.82) is 0 Å². The monoisotopic (exact) mass is 364 g/mol. The zero-order valence-corrected chi connectivity index (χ0v) is 11.8. The molecule has 0 spiro atoms. The average molecular weight is 364 g/mol. The highest BCUT2D eigenvalue weighted by Gasteiger charge is 2.75. The quantitative estimate of drug-likeness (QED) is 0.654. The highest BCUT2D eigenvalue weighted by atomic mass is 19.4. The molecule has 1 aliphatic rings. The molecule has 11 heteroatoms. The normalized spacial score (nSPS) is 18.2. The van der Waals surface area contributed by atoms with Crippen LogP contribution in [0.3, 0.4) is 0 Å². The van der Waals surface area contributed by atoms with E-state index in [-0.39, 0.29) is 4.90 Å². The molecule has 0 bridgehead atoms. The molecule has 0 atom stereocenters. The maximum Gasteiger partial charge on any atom is 0.449 e. The molecule has 1 aromatic rings. The highest BCUT2D eigenvalue weighted by Crippen LogP contribution is 2.57. The Morgan fingerprint density at radius 2 is 1.42 bits per heavy atom. The van der Waals surface area contributed by atoms with Crippen LogP contribution in [-0.4, -0.2) is 30.9 Å². The standard InChI is InChI=1S/C13H9F9N2/c1-2-24-8-6-4-3-5-7(8)10(12(17,18)19,13(20,21)22)23-9(24)11(14,15)16/h3-6H,2H2,1H3. The number of halogens is 9. The van der Waals surface area contributed by atoms with Gasteiger partial charge in [0.2, 0.25) is 5.84 Å². The number of para-hydroxylation sites is 1. The number of alkyl halides is 9. The van der Waals surface area contributed by atoms with Gasteiger partial charge in [-0.3, -0.25) is 0 Å². The van der Waals surface area contributed by atoms with Crippen molar-refractivity contribution in [2.24, 2.45) is 4.99 Å². The van der Waals surface area contributed by atoms with Crippen LogP contribution >= 0.6 is 0 Å². The van der Waals surface area contributed by atoms with E-state index < -0.39 is 47.7 Å². The summed E-state index contributed by atoms with van der Waals surface area (Å²) in [7, 11) is 0. The van der Waals surface area contributed by atoms with E-state index in [1.54, 1.807) is 0 Å². The number of fused-ring (bicyclic) bond motifs is 1. The minimum atomic E-state index is -6.11. The van der Waals surface area contributed by atoms with E-state index in [4.69, 9.17) is 0 Å². The van der Waals surface area contributed by atoms with E-state index in [2.05, 4.69) is 4.99 Å². The number of rotatable bonds is 1. The fraction of sp³-hybridized carbons (Fsp3) is 0.462. The largest absolute Gasteiger partial charge is 0.449 e. The molecule has 2 nitrogen and oxygen atoms in total. The molecule has 0 N–H and O–H groups in total. The fourth-order valence-electron chi connectivity index (χ4n) is 2.54. The van der Waals surface area contributed by atoms with Gasteiger partial charge in [0.15, 0.2) is 0 Å². The SMILES string of the molecule is CCN1C(C(F)(F)F)=NC(C(F)(F)F)(C(F)(F)F)c2ccccc21. The number of nitrogens with zero attached hydrogens (tertiary/aromatic N) is 2. The molecule has 1 heterocycles. The topological polar surface area (TPSA) is 15.6 Å². The minimum Gasteiger partial charge on any atom is -0.322 e. The van der Waals surface area contributed by atoms with Crippen LogP contribution < -0.4 is 4.90 Å². The third-order valence-electron chi connectivity index (χ3n) is 3.50. The smallest absolute Gasteiger partial charge is 0.322 e. The van der Waals surface area contributed by atoms with Crippen LogP contribution in [0.1, 0.15) is 12.5 Å². The van der Waals surface area contributed by atoms with E-state index in [0.29, 0.717) is 6.07 Å². The zero-order chi connectivity index (χ0) is 18.6. The Bertz CT molecular complexity index is 641. The van der Waals surface area contributed by atoms with E-state index in [1.807, 2.05) is 0 Å². The molecule has 24 heavy (non-hydrogen) atoms. The molecular weight excluding hydrogens is 355 g/mol. The summed E-state index contributed by atoms with van der Waals surface area (Å²) in [5.41, 5.74) is -7.20. The Labute approximate surface area is 129 Å². The third kappa shape index (κ3) is 2.49. The molecule has 0 amide bonds. The van der Waals surface area contributed by atoms with Crippen LogP contribution in [0.25, 0.3) is 0 Å². The van der Waals surface area contributed by atoms with Gasteiger partial charge < -0.3 is 4.90 Å². The molecule has 2 rings (SSSR count). The molecule has 0 unspecified atom stereocenters. The lowest BCUT2D eigenvalue weighted by Gasteiger charge is -2.42.